The van der Waals surface area contributed by atoms with E-state index >= 15 is 0 Å². The highest BCUT2D eigenvalue weighted by Crippen LogP contribution is 2.31. The van der Waals surface area contributed by atoms with E-state index in [2.05, 4.69) is 12.2 Å². The maximum Gasteiger partial charge on any atom is 0.153 e. The van der Waals surface area contributed by atoms with Gasteiger partial charge in [0.25, 0.3) is 0 Å². The quantitative estimate of drug-likeness (QED) is 0.769. The number of hydrogen-bond acceptors (Lipinski definition) is 4. The van der Waals surface area contributed by atoms with E-state index in [-0.39, 0.29) is 23.1 Å². The summed E-state index contributed by atoms with van der Waals surface area (Å²) in [6, 6.07) is 0. The van der Waals surface area contributed by atoms with Crippen molar-refractivity contribution in [3.8, 4) is 0 Å². The molecule has 0 bridgehead atoms. The molecule has 0 saturated heterocycles. The van der Waals surface area contributed by atoms with Crippen molar-refractivity contribution in [1.29, 1.82) is 0 Å². The SMILES string of the molecule is CC1CCCC(CO)(NCCS(=O)(=O)C(C)C)C1. The van der Waals surface area contributed by atoms with Gasteiger partial charge in [0.1, 0.15) is 0 Å². The predicted octanol–water partition coefficient (Wildman–Crippen LogP) is 1.34. The minimum atomic E-state index is -2.99. The average Bonchev–Trinajstić information content (AvgIpc) is 2.28. The first-order valence-electron chi connectivity index (χ1n) is 6.89. The van der Waals surface area contributed by atoms with Gasteiger partial charge in [-0.1, -0.05) is 19.8 Å². The second-order valence-corrected chi connectivity index (χ2v) is 8.66. The van der Waals surface area contributed by atoms with E-state index in [9.17, 15) is 13.5 Å². The minimum Gasteiger partial charge on any atom is -0.394 e. The average molecular weight is 277 g/mol. The van der Waals surface area contributed by atoms with Gasteiger partial charge in [-0.05, 0) is 32.6 Å². The Bertz CT molecular complexity index is 353. The molecule has 0 aromatic carbocycles. The van der Waals surface area contributed by atoms with Crippen molar-refractivity contribution < 1.29 is 13.5 Å². The van der Waals surface area contributed by atoms with Gasteiger partial charge in [-0.25, -0.2) is 8.42 Å². The van der Waals surface area contributed by atoms with Crippen LogP contribution in [0.1, 0.15) is 46.5 Å². The van der Waals surface area contributed by atoms with Gasteiger partial charge in [-0.3, -0.25) is 0 Å². The van der Waals surface area contributed by atoms with E-state index in [1.165, 1.54) is 6.42 Å². The summed E-state index contributed by atoms with van der Waals surface area (Å²) in [7, 11) is -2.99. The van der Waals surface area contributed by atoms with Crippen molar-refractivity contribution in [3.63, 3.8) is 0 Å². The van der Waals surface area contributed by atoms with Gasteiger partial charge in [0.05, 0.1) is 17.6 Å². The molecule has 0 radical (unpaired) electrons. The van der Waals surface area contributed by atoms with E-state index < -0.39 is 9.84 Å². The molecule has 0 spiro atoms. The fourth-order valence-corrected chi connectivity index (χ4v) is 3.57. The third kappa shape index (κ3) is 4.21. The van der Waals surface area contributed by atoms with Crippen LogP contribution in [-0.2, 0) is 9.84 Å². The first-order chi connectivity index (χ1) is 8.31. The van der Waals surface area contributed by atoms with Crippen LogP contribution in [0.2, 0.25) is 0 Å². The van der Waals surface area contributed by atoms with Crippen LogP contribution >= 0.6 is 0 Å². The Kier molecular flexibility index (Phi) is 5.62. The normalized spacial score (nSPS) is 29.7. The summed E-state index contributed by atoms with van der Waals surface area (Å²) >= 11 is 0. The monoisotopic (exact) mass is 277 g/mol. The zero-order valence-electron chi connectivity index (χ0n) is 11.8. The van der Waals surface area contributed by atoms with Gasteiger partial charge in [0.2, 0.25) is 0 Å². The van der Waals surface area contributed by atoms with Gasteiger partial charge < -0.3 is 10.4 Å². The molecule has 0 aliphatic heterocycles. The van der Waals surface area contributed by atoms with Crippen LogP contribution in [-0.4, -0.2) is 43.2 Å². The lowest BCUT2D eigenvalue weighted by molar-refractivity contribution is 0.102. The smallest absolute Gasteiger partial charge is 0.153 e. The van der Waals surface area contributed by atoms with Crippen LogP contribution < -0.4 is 5.32 Å². The van der Waals surface area contributed by atoms with Crippen LogP contribution in [0.5, 0.6) is 0 Å². The minimum absolute atomic E-state index is 0.0963. The summed E-state index contributed by atoms with van der Waals surface area (Å²) in [4.78, 5) is 0. The maximum atomic E-state index is 11.7. The van der Waals surface area contributed by atoms with Crippen LogP contribution in [0, 0.1) is 5.92 Å². The number of hydrogen-bond donors (Lipinski definition) is 2. The molecule has 0 heterocycles. The molecule has 1 aliphatic rings. The molecule has 0 aromatic rings. The highest BCUT2D eigenvalue weighted by Gasteiger charge is 2.34. The van der Waals surface area contributed by atoms with Crippen molar-refractivity contribution in [2.45, 2.75) is 57.2 Å². The fourth-order valence-electron chi connectivity index (χ4n) is 2.71. The number of nitrogens with one attached hydrogen (secondary N) is 1. The largest absolute Gasteiger partial charge is 0.394 e. The molecule has 1 saturated carbocycles. The molecule has 2 atom stereocenters. The highest BCUT2D eigenvalue weighted by molar-refractivity contribution is 7.92. The predicted molar refractivity (Wildman–Crippen MR) is 74.4 cm³/mol. The Morgan fingerprint density at radius 1 is 1.44 bits per heavy atom. The van der Waals surface area contributed by atoms with Gasteiger partial charge in [0.15, 0.2) is 9.84 Å². The first-order valence-corrected chi connectivity index (χ1v) is 8.60. The zero-order chi connectivity index (χ0) is 13.8. The molecule has 2 unspecified atom stereocenters. The van der Waals surface area contributed by atoms with Crippen molar-refractivity contribution >= 4 is 9.84 Å². The van der Waals surface area contributed by atoms with Gasteiger partial charge in [0, 0.05) is 12.1 Å². The Labute approximate surface area is 111 Å². The number of aliphatic hydroxyl groups excluding tert-OH is 1. The third-order valence-electron chi connectivity index (χ3n) is 4.00. The second kappa shape index (κ2) is 6.35. The summed E-state index contributed by atoms with van der Waals surface area (Å²) in [5, 5.41) is 12.6. The molecule has 108 valence electrons. The first kappa shape index (κ1) is 15.9. The Morgan fingerprint density at radius 2 is 2.11 bits per heavy atom. The number of aliphatic hydroxyl groups is 1. The zero-order valence-corrected chi connectivity index (χ0v) is 12.6. The van der Waals surface area contributed by atoms with Crippen molar-refractivity contribution in [2.24, 2.45) is 5.92 Å². The number of rotatable bonds is 6. The van der Waals surface area contributed by atoms with Crippen LogP contribution in [0.25, 0.3) is 0 Å². The van der Waals surface area contributed by atoms with Crippen molar-refractivity contribution in [1.82, 2.24) is 5.32 Å². The molecule has 2 N–H and O–H groups in total. The van der Waals surface area contributed by atoms with Gasteiger partial charge >= 0.3 is 0 Å². The second-order valence-electron chi connectivity index (χ2n) is 5.98. The van der Waals surface area contributed by atoms with Crippen molar-refractivity contribution in [3.05, 3.63) is 0 Å². The topological polar surface area (TPSA) is 66.4 Å². The van der Waals surface area contributed by atoms with Gasteiger partial charge in [-0.2, -0.15) is 0 Å². The molecule has 1 aliphatic carbocycles. The molecular weight excluding hydrogens is 250 g/mol. The summed E-state index contributed by atoms with van der Waals surface area (Å²) in [6.45, 7) is 6.14. The highest BCUT2D eigenvalue weighted by atomic mass is 32.2. The summed E-state index contributed by atoms with van der Waals surface area (Å²) < 4.78 is 23.5. The molecular formula is C13H27NO3S. The summed E-state index contributed by atoms with van der Waals surface area (Å²) in [6.07, 6.45) is 4.18. The summed E-state index contributed by atoms with van der Waals surface area (Å²) in [5.74, 6) is 0.751. The lowest BCUT2D eigenvalue weighted by atomic mass is 9.77. The molecule has 1 rings (SSSR count). The van der Waals surface area contributed by atoms with E-state index in [1.54, 1.807) is 13.8 Å². The molecule has 18 heavy (non-hydrogen) atoms. The van der Waals surface area contributed by atoms with Crippen LogP contribution in [0.3, 0.4) is 0 Å². The lowest BCUT2D eigenvalue weighted by Gasteiger charge is -2.39. The van der Waals surface area contributed by atoms with E-state index in [4.69, 9.17) is 0 Å². The van der Waals surface area contributed by atoms with E-state index in [0.717, 1.165) is 19.3 Å². The standard InChI is InChI=1S/C13H27NO3S/c1-11(2)18(16,17)8-7-14-13(10-15)6-4-5-12(3)9-13/h11-12,14-15H,4-10H2,1-3H3. The Balaban J connectivity index is 2.50. The van der Waals surface area contributed by atoms with E-state index in [0.29, 0.717) is 12.5 Å². The molecule has 0 aromatic heterocycles. The van der Waals surface area contributed by atoms with Gasteiger partial charge in [-0.15, -0.1) is 0 Å². The van der Waals surface area contributed by atoms with Crippen LogP contribution in [0.4, 0.5) is 0 Å². The molecule has 4 nitrogen and oxygen atoms in total. The molecule has 0 amide bonds. The third-order valence-corrected chi connectivity index (χ3v) is 6.21. The Morgan fingerprint density at radius 3 is 2.61 bits per heavy atom. The number of sulfone groups is 1. The van der Waals surface area contributed by atoms with E-state index in [1.807, 2.05) is 0 Å². The van der Waals surface area contributed by atoms with Crippen molar-refractivity contribution in [2.75, 3.05) is 18.9 Å². The maximum absolute atomic E-state index is 11.7. The lowest BCUT2D eigenvalue weighted by Crippen LogP contribution is -2.52. The summed E-state index contributed by atoms with van der Waals surface area (Å²) in [5.41, 5.74) is -0.260. The molecule has 5 heteroatoms. The Hall–Kier alpha value is -0.130. The fraction of sp³-hybridized carbons (Fsp3) is 1.00. The molecule has 1 fully saturated rings. The van der Waals surface area contributed by atoms with Crippen LogP contribution in [0.15, 0.2) is 0 Å².